The van der Waals surface area contributed by atoms with Gasteiger partial charge in [0.15, 0.2) is 0 Å². The van der Waals surface area contributed by atoms with Crippen LogP contribution in [-0.4, -0.2) is 5.48 Å². The van der Waals surface area contributed by atoms with Gasteiger partial charge < -0.3 is 5.48 Å². The van der Waals surface area contributed by atoms with Crippen molar-refractivity contribution in [1.82, 2.24) is 0 Å². The first kappa shape index (κ1) is 8.82. The van der Waals surface area contributed by atoms with Crippen LogP contribution >= 0.6 is 18.4 Å². The zero-order valence-corrected chi connectivity index (χ0v) is 4.18. The van der Waals surface area contributed by atoms with Crippen molar-refractivity contribution in [2.24, 2.45) is 4.52 Å². The molecule has 0 amide bonds. The Hall–Kier alpha value is 0.490. The lowest BCUT2D eigenvalue weighted by Gasteiger charge is -1.36. The van der Waals surface area contributed by atoms with Crippen molar-refractivity contribution in [2.45, 2.75) is 0 Å². The molecule has 0 radical (unpaired) electrons. The van der Waals surface area contributed by atoms with Crippen LogP contribution in [0.1, 0.15) is 0 Å². The molecule has 0 bridgehead atoms. The van der Waals surface area contributed by atoms with Crippen molar-refractivity contribution in [2.75, 3.05) is 0 Å². The summed E-state index contributed by atoms with van der Waals surface area (Å²) in [6.45, 7) is 0. The van der Waals surface area contributed by atoms with Crippen LogP contribution in [0.25, 0.3) is 0 Å². The Balaban J connectivity index is 0. The molecule has 0 aliphatic carbocycles. The first-order chi connectivity index (χ1) is 1.41. The van der Waals surface area contributed by atoms with Gasteiger partial charge in [0.25, 0.3) is 0 Å². The molecule has 2 N–H and O–H groups in total. The van der Waals surface area contributed by atoms with E-state index in [0.29, 0.717) is 0 Å². The van der Waals surface area contributed by atoms with Gasteiger partial charge in [-0.25, -0.2) is 0 Å². The molecule has 0 aromatic heterocycles. The summed E-state index contributed by atoms with van der Waals surface area (Å²) in [6.07, 6.45) is 0. The zero-order valence-electron chi connectivity index (χ0n) is 2.02. The molecule has 26 valence electrons. The first-order valence-electron chi connectivity index (χ1n) is 0.482. The molecule has 1 atom stereocenters. The molecule has 0 aliphatic heterocycles. The van der Waals surface area contributed by atoms with E-state index in [1.54, 1.807) is 0 Å². The summed E-state index contributed by atoms with van der Waals surface area (Å²) in [5.41, 5.74) is 0. The van der Waals surface area contributed by atoms with E-state index in [1.807, 2.05) is 0 Å². The number of rotatable bonds is 0. The van der Waals surface area contributed by atoms with Crippen molar-refractivity contribution in [1.29, 1.82) is 0 Å². The molecule has 2 nitrogen and oxygen atoms in total. The molecule has 0 spiro atoms. The topological polar surface area (TPSA) is 43.9 Å². The van der Waals surface area contributed by atoms with Gasteiger partial charge in [-0.15, -0.1) is 0 Å². The Morgan fingerprint density at radius 2 is 1.75 bits per heavy atom. The van der Waals surface area contributed by atoms with Crippen LogP contribution in [0.15, 0.2) is 4.52 Å². The fraction of sp³-hybridized carbons (Fsp3) is 0. The van der Waals surface area contributed by atoms with Crippen LogP contribution in [0.2, 0.25) is 0 Å². The third kappa shape index (κ3) is 23.0. The molecule has 0 saturated carbocycles. The lowest BCUT2D eigenvalue weighted by Crippen LogP contribution is -0.748. The summed E-state index contributed by atoms with van der Waals surface area (Å²) in [4.78, 5) is 0. The van der Waals surface area contributed by atoms with Gasteiger partial charge in [-0.1, -0.05) is 0 Å². The first-order valence-corrected chi connectivity index (χ1v) is 1.45. The van der Waals surface area contributed by atoms with Crippen molar-refractivity contribution in [3.8, 4) is 0 Å². The van der Waals surface area contributed by atoms with Gasteiger partial charge in [-0.05, 0) is 18.4 Å². The highest BCUT2D eigenvalue weighted by Gasteiger charge is 1.10. The molecule has 0 aliphatic rings. The van der Waals surface area contributed by atoms with Gasteiger partial charge in [0.05, 0.1) is 0 Å². The molecule has 0 rings (SSSR count). The molecule has 4 heteroatoms. The van der Waals surface area contributed by atoms with Crippen molar-refractivity contribution >= 4 is 18.4 Å². The standard InChI is InChI=1S/H3NP2.H2O/c2-1-3;/h2H,3H2;1H2. The Labute approximate surface area is 29.5 Å². The molecular weight excluding hydrogens is 92.0 g/mol. The molecule has 4 heavy (non-hydrogen) atoms. The molecule has 0 heterocycles. The van der Waals surface area contributed by atoms with Crippen LogP contribution in [-0.2, 0) is 0 Å². The third-order valence-corrected chi connectivity index (χ3v) is 0. The molecular formula is H5NOP2. The predicted molar refractivity (Wildman–Crippen MR) is 24.1 cm³/mol. The fourth-order valence-corrected chi connectivity index (χ4v) is 0. The van der Waals surface area contributed by atoms with E-state index in [9.17, 15) is 0 Å². The Kier molecular flexibility index (Phi) is 21.5. The van der Waals surface area contributed by atoms with E-state index in [0.717, 1.165) is 0 Å². The van der Waals surface area contributed by atoms with E-state index >= 15 is 0 Å². The van der Waals surface area contributed by atoms with E-state index in [1.165, 1.54) is 0 Å². The summed E-state index contributed by atoms with van der Waals surface area (Å²) < 4.78 is 3.22. The van der Waals surface area contributed by atoms with E-state index in [4.69, 9.17) is 0 Å². The summed E-state index contributed by atoms with van der Waals surface area (Å²) in [5, 5.41) is 0. The van der Waals surface area contributed by atoms with E-state index in [2.05, 4.69) is 22.9 Å². The number of nitrogens with zero attached hydrogens (tertiary/aromatic N) is 1. The van der Waals surface area contributed by atoms with Gasteiger partial charge in [-0.2, -0.15) is 0 Å². The van der Waals surface area contributed by atoms with Crippen molar-refractivity contribution in [3.05, 3.63) is 0 Å². The largest absolute Gasteiger partial charge is 0.412 e. The summed E-state index contributed by atoms with van der Waals surface area (Å²) in [7, 11) is 4.89. The van der Waals surface area contributed by atoms with Gasteiger partial charge in [0.1, 0.15) is 0 Å². The van der Waals surface area contributed by atoms with Gasteiger partial charge in [0, 0.05) is 0 Å². The SMILES string of the molecule is O.P=NP. The Bertz CT molecular complexity index is 13.5. The monoisotopic (exact) mass is 97.0 g/mol. The molecule has 0 fully saturated rings. The molecule has 0 aromatic carbocycles. The molecule has 0 saturated heterocycles. The number of hydrogen-bond donors (Lipinski definition) is 0. The maximum absolute atomic E-state index is 3.22. The summed E-state index contributed by atoms with van der Waals surface area (Å²) in [6, 6.07) is 0. The zero-order chi connectivity index (χ0) is 2.71. The lowest BCUT2D eigenvalue weighted by atomic mass is 13.9. The predicted octanol–water partition coefficient (Wildman–Crippen LogP) is 0.278. The summed E-state index contributed by atoms with van der Waals surface area (Å²) in [5.74, 6) is 0. The second kappa shape index (κ2) is 9.75. The quantitative estimate of drug-likeness (QED) is 0.389. The maximum Gasteiger partial charge on any atom is -0.00890 e. The smallest absolute Gasteiger partial charge is 0.00890 e. The van der Waals surface area contributed by atoms with Crippen LogP contribution in [0, 0.1) is 0 Å². The van der Waals surface area contributed by atoms with Gasteiger partial charge in [0.2, 0.25) is 0 Å². The highest BCUT2D eigenvalue weighted by Crippen LogP contribution is 1.79. The number of hydrogen-bond acceptors (Lipinski definition) is 1. The highest BCUT2D eigenvalue weighted by atomic mass is 31.1. The lowest BCUT2D eigenvalue weighted by molar-refractivity contribution is 0.824. The third-order valence-electron chi connectivity index (χ3n) is 0. The molecule has 1 unspecified atom stereocenters. The minimum absolute atomic E-state index is 0. The van der Waals surface area contributed by atoms with Gasteiger partial charge in [-0.3, -0.25) is 4.52 Å². The average Bonchev–Trinajstić information content (AvgIpc) is 0.918. The minimum atomic E-state index is 0. The van der Waals surface area contributed by atoms with Crippen molar-refractivity contribution in [3.63, 3.8) is 0 Å². The van der Waals surface area contributed by atoms with Crippen LogP contribution in [0.3, 0.4) is 0 Å². The van der Waals surface area contributed by atoms with E-state index < -0.39 is 0 Å². The second-order valence-corrected chi connectivity index (χ2v) is 1.16. The highest BCUT2D eigenvalue weighted by molar-refractivity contribution is 7.23. The Morgan fingerprint density at radius 3 is 1.75 bits per heavy atom. The normalized spacial score (nSPS) is 3.25. The Morgan fingerprint density at radius 1 is 1.75 bits per heavy atom. The molecule has 0 aromatic rings. The fourth-order valence-electron chi connectivity index (χ4n) is 0. The average molecular weight is 97.0 g/mol. The van der Waals surface area contributed by atoms with Gasteiger partial charge >= 0.3 is 0 Å². The van der Waals surface area contributed by atoms with Crippen LogP contribution in [0.4, 0.5) is 0 Å². The minimum Gasteiger partial charge on any atom is -0.412 e. The van der Waals surface area contributed by atoms with E-state index in [-0.39, 0.29) is 5.48 Å². The van der Waals surface area contributed by atoms with Crippen molar-refractivity contribution < 1.29 is 5.48 Å². The van der Waals surface area contributed by atoms with Crippen LogP contribution in [0.5, 0.6) is 0 Å². The maximum atomic E-state index is 3.22. The second-order valence-electron chi connectivity index (χ2n) is 0.129. The summed E-state index contributed by atoms with van der Waals surface area (Å²) >= 11 is 0. The van der Waals surface area contributed by atoms with Crippen LogP contribution < -0.4 is 0 Å².